The molecule has 2 unspecified atom stereocenters. The molecule has 0 amide bonds. The van der Waals surface area contributed by atoms with Crippen molar-refractivity contribution in [3.05, 3.63) is 33.8 Å². The highest BCUT2D eigenvalue weighted by atomic mass is 35.5. The molecule has 2 rings (SSSR count). The van der Waals surface area contributed by atoms with E-state index in [1.165, 1.54) is 0 Å². The third-order valence-corrected chi connectivity index (χ3v) is 3.61. The number of esters is 1. The van der Waals surface area contributed by atoms with Crippen LogP contribution in [-0.4, -0.2) is 19.1 Å². The van der Waals surface area contributed by atoms with Crippen molar-refractivity contribution in [3.63, 3.8) is 0 Å². The molecule has 2 N–H and O–H groups in total. The van der Waals surface area contributed by atoms with E-state index in [-0.39, 0.29) is 17.9 Å². The Morgan fingerprint density at radius 1 is 1.44 bits per heavy atom. The number of benzene rings is 1. The molecule has 0 spiro atoms. The predicted octanol–water partition coefficient (Wildman–Crippen LogP) is 2.32. The van der Waals surface area contributed by atoms with Crippen molar-refractivity contribution in [2.24, 2.45) is 5.92 Å². The lowest BCUT2D eigenvalue weighted by atomic mass is 9.95. The van der Waals surface area contributed by atoms with Gasteiger partial charge in [0.15, 0.2) is 0 Å². The molecule has 0 aromatic heterocycles. The summed E-state index contributed by atoms with van der Waals surface area (Å²) in [6.45, 7) is 2.70. The average Bonchev–Trinajstić information content (AvgIpc) is 2.82. The first kappa shape index (κ1) is 13.6. The van der Waals surface area contributed by atoms with E-state index in [2.05, 4.69) is 10.9 Å². The molecule has 1 saturated heterocycles. The summed E-state index contributed by atoms with van der Waals surface area (Å²) in [5.41, 5.74) is 6.93. The van der Waals surface area contributed by atoms with Crippen LogP contribution < -0.4 is 10.9 Å². The molecule has 0 saturated carbocycles. The topological polar surface area (TPSA) is 50.4 Å². The first-order chi connectivity index (χ1) is 8.63. The number of hydrogen-bond donors (Lipinski definition) is 2. The number of carbonyl (C=O) groups excluding carboxylic acids is 1. The number of halogens is 2. The van der Waals surface area contributed by atoms with Crippen LogP contribution in [0.15, 0.2) is 18.2 Å². The van der Waals surface area contributed by atoms with E-state index in [0.29, 0.717) is 23.2 Å². The zero-order valence-electron chi connectivity index (χ0n) is 9.87. The Labute approximate surface area is 116 Å². The molecular weight excluding hydrogens is 275 g/mol. The van der Waals surface area contributed by atoms with Gasteiger partial charge < -0.3 is 4.74 Å². The van der Waals surface area contributed by atoms with Gasteiger partial charge in [0.1, 0.15) is 0 Å². The molecule has 0 radical (unpaired) electrons. The normalized spacial score (nSPS) is 23.1. The van der Waals surface area contributed by atoms with Gasteiger partial charge in [-0.1, -0.05) is 29.3 Å². The molecule has 98 valence electrons. The van der Waals surface area contributed by atoms with Crippen molar-refractivity contribution >= 4 is 29.2 Å². The number of hydrazine groups is 1. The van der Waals surface area contributed by atoms with Gasteiger partial charge in [-0.2, -0.15) is 0 Å². The Bertz CT molecular complexity index is 454. The second kappa shape index (κ2) is 5.89. The Morgan fingerprint density at radius 2 is 2.22 bits per heavy atom. The summed E-state index contributed by atoms with van der Waals surface area (Å²) >= 11 is 11.9. The van der Waals surface area contributed by atoms with Gasteiger partial charge in [0.2, 0.25) is 0 Å². The van der Waals surface area contributed by atoms with E-state index < -0.39 is 0 Å². The van der Waals surface area contributed by atoms with Gasteiger partial charge in [-0.15, -0.1) is 0 Å². The van der Waals surface area contributed by atoms with Crippen molar-refractivity contribution in [1.29, 1.82) is 0 Å². The fraction of sp³-hybridized carbons (Fsp3) is 0.417. The van der Waals surface area contributed by atoms with Gasteiger partial charge in [0.05, 0.1) is 28.6 Å². The van der Waals surface area contributed by atoms with E-state index in [4.69, 9.17) is 27.9 Å². The van der Waals surface area contributed by atoms with Crippen molar-refractivity contribution in [2.45, 2.75) is 13.0 Å². The molecule has 4 nitrogen and oxygen atoms in total. The van der Waals surface area contributed by atoms with Crippen LogP contribution in [-0.2, 0) is 9.53 Å². The SMILES string of the molecule is CCOC(=O)C1CNNC1c1ccc(Cl)c(Cl)c1. The van der Waals surface area contributed by atoms with E-state index in [0.717, 1.165) is 5.56 Å². The monoisotopic (exact) mass is 288 g/mol. The zero-order valence-corrected chi connectivity index (χ0v) is 11.4. The molecule has 18 heavy (non-hydrogen) atoms. The van der Waals surface area contributed by atoms with E-state index in [1.54, 1.807) is 19.1 Å². The number of rotatable bonds is 3. The Balaban J connectivity index is 2.20. The Kier molecular flexibility index (Phi) is 4.45. The lowest BCUT2D eigenvalue weighted by Gasteiger charge is -2.17. The maximum atomic E-state index is 11.8. The van der Waals surface area contributed by atoms with Gasteiger partial charge in [-0.3, -0.25) is 10.2 Å². The molecular formula is C12H14Cl2N2O2. The van der Waals surface area contributed by atoms with Crippen molar-refractivity contribution in [3.8, 4) is 0 Å². The van der Waals surface area contributed by atoms with Crippen LogP contribution in [0.4, 0.5) is 0 Å². The van der Waals surface area contributed by atoms with Gasteiger partial charge in [-0.25, -0.2) is 5.43 Å². The van der Waals surface area contributed by atoms with Crippen LogP contribution in [0, 0.1) is 5.92 Å². The largest absolute Gasteiger partial charge is 0.466 e. The summed E-state index contributed by atoms with van der Waals surface area (Å²) in [5.74, 6) is -0.478. The van der Waals surface area contributed by atoms with Gasteiger partial charge in [0.25, 0.3) is 0 Å². The van der Waals surface area contributed by atoms with Gasteiger partial charge in [0, 0.05) is 6.54 Å². The quantitative estimate of drug-likeness (QED) is 0.838. The molecule has 1 aliphatic rings. The van der Waals surface area contributed by atoms with Crippen molar-refractivity contribution in [1.82, 2.24) is 10.9 Å². The molecule has 0 bridgehead atoms. The predicted molar refractivity (Wildman–Crippen MR) is 70.5 cm³/mol. The molecule has 1 aromatic carbocycles. The minimum Gasteiger partial charge on any atom is -0.466 e. The maximum Gasteiger partial charge on any atom is 0.312 e. The molecule has 6 heteroatoms. The van der Waals surface area contributed by atoms with Crippen molar-refractivity contribution < 1.29 is 9.53 Å². The second-order valence-electron chi connectivity index (χ2n) is 4.03. The lowest BCUT2D eigenvalue weighted by Crippen LogP contribution is -2.27. The summed E-state index contributed by atoms with van der Waals surface area (Å²) in [6.07, 6.45) is 0. The maximum absolute atomic E-state index is 11.8. The van der Waals surface area contributed by atoms with Gasteiger partial charge >= 0.3 is 5.97 Å². The second-order valence-corrected chi connectivity index (χ2v) is 4.85. The lowest BCUT2D eigenvalue weighted by molar-refractivity contribution is -0.147. The van der Waals surface area contributed by atoms with Crippen LogP contribution in [0.25, 0.3) is 0 Å². The van der Waals surface area contributed by atoms with Crippen LogP contribution in [0.3, 0.4) is 0 Å². The molecule has 1 aliphatic heterocycles. The molecule has 1 fully saturated rings. The Hall–Kier alpha value is -0.810. The summed E-state index contributed by atoms with van der Waals surface area (Å²) in [4.78, 5) is 11.8. The highest BCUT2D eigenvalue weighted by molar-refractivity contribution is 6.42. The summed E-state index contributed by atoms with van der Waals surface area (Å²) in [6, 6.07) is 5.19. The van der Waals surface area contributed by atoms with Crippen LogP contribution >= 0.6 is 23.2 Å². The summed E-state index contributed by atoms with van der Waals surface area (Å²) < 4.78 is 5.05. The molecule has 1 heterocycles. The number of hydrogen-bond acceptors (Lipinski definition) is 4. The summed E-state index contributed by atoms with van der Waals surface area (Å²) in [5, 5.41) is 0.976. The van der Waals surface area contributed by atoms with Crippen LogP contribution in [0.2, 0.25) is 10.0 Å². The average molecular weight is 289 g/mol. The number of carbonyl (C=O) groups is 1. The summed E-state index contributed by atoms with van der Waals surface area (Å²) in [7, 11) is 0. The highest BCUT2D eigenvalue weighted by Crippen LogP contribution is 2.30. The third-order valence-electron chi connectivity index (χ3n) is 2.87. The molecule has 0 aliphatic carbocycles. The Morgan fingerprint density at radius 3 is 2.89 bits per heavy atom. The van der Waals surface area contributed by atoms with Crippen LogP contribution in [0.5, 0.6) is 0 Å². The fourth-order valence-corrected chi connectivity index (χ4v) is 2.29. The first-order valence-electron chi connectivity index (χ1n) is 5.73. The third kappa shape index (κ3) is 2.78. The highest BCUT2D eigenvalue weighted by Gasteiger charge is 2.35. The van der Waals surface area contributed by atoms with Crippen molar-refractivity contribution in [2.75, 3.05) is 13.2 Å². The minimum atomic E-state index is -0.262. The number of nitrogens with one attached hydrogen (secondary N) is 2. The fourth-order valence-electron chi connectivity index (χ4n) is 1.99. The zero-order chi connectivity index (χ0) is 13.1. The van der Waals surface area contributed by atoms with Gasteiger partial charge in [-0.05, 0) is 24.6 Å². The van der Waals surface area contributed by atoms with E-state index in [9.17, 15) is 4.79 Å². The standard InChI is InChI=1S/C12H14Cl2N2O2/c1-2-18-12(17)8-6-15-16-11(8)7-3-4-9(13)10(14)5-7/h3-5,8,11,15-16H,2,6H2,1H3. The van der Waals surface area contributed by atoms with Crippen LogP contribution in [0.1, 0.15) is 18.5 Å². The van der Waals surface area contributed by atoms with E-state index in [1.807, 2.05) is 6.07 Å². The molecule has 1 aromatic rings. The number of ether oxygens (including phenoxy) is 1. The minimum absolute atomic E-state index is 0.154. The van der Waals surface area contributed by atoms with E-state index >= 15 is 0 Å². The molecule has 2 atom stereocenters. The smallest absolute Gasteiger partial charge is 0.312 e. The first-order valence-corrected chi connectivity index (χ1v) is 6.49.